The number of ether oxygens (including phenoxy) is 1. The van der Waals surface area contributed by atoms with E-state index in [1.807, 2.05) is 6.07 Å². The maximum absolute atomic E-state index is 9.79. The Morgan fingerprint density at radius 1 is 1.33 bits per heavy atom. The Balaban J connectivity index is 1.89. The van der Waals surface area contributed by atoms with Crippen LogP contribution in [0.3, 0.4) is 0 Å². The Morgan fingerprint density at radius 2 is 2.11 bits per heavy atom. The highest BCUT2D eigenvalue weighted by molar-refractivity contribution is 5.47. The SMILES string of the molecule is OCC1(NC2CCCC2)COc2cc(O)ccc21. The van der Waals surface area contributed by atoms with Gasteiger partial charge in [-0.15, -0.1) is 0 Å². The summed E-state index contributed by atoms with van der Waals surface area (Å²) in [5.41, 5.74) is 0.451. The molecule has 4 heteroatoms. The summed E-state index contributed by atoms with van der Waals surface area (Å²) >= 11 is 0. The van der Waals surface area contributed by atoms with Gasteiger partial charge in [-0.3, -0.25) is 5.32 Å². The summed E-state index contributed by atoms with van der Waals surface area (Å²) in [5.74, 6) is 0.873. The van der Waals surface area contributed by atoms with Gasteiger partial charge in [-0.2, -0.15) is 0 Å². The molecule has 1 fully saturated rings. The minimum absolute atomic E-state index is 0.0152. The molecule has 0 radical (unpaired) electrons. The predicted octanol–water partition coefficient (Wildman–Crippen LogP) is 1.50. The number of phenols is 1. The van der Waals surface area contributed by atoms with Gasteiger partial charge >= 0.3 is 0 Å². The molecule has 3 N–H and O–H groups in total. The van der Waals surface area contributed by atoms with E-state index in [2.05, 4.69) is 5.32 Å². The second-order valence-corrected chi connectivity index (χ2v) is 5.34. The molecule has 0 bridgehead atoms. The number of aliphatic hydroxyl groups is 1. The highest BCUT2D eigenvalue weighted by atomic mass is 16.5. The molecule has 1 aromatic carbocycles. The maximum Gasteiger partial charge on any atom is 0.128 e. The third-order valence-electron chi connectivity index (χ3n) is 4.06. The van der Waals surface area contributed by atoms with Crippen LogP contribution in [0.4, 0.5) is 0 Å². The zero-order chi connectivity index (χ0) is 12.6. The van der Waals surface area contributed by atoms with Crippen molar-refractivity contribution in [2.24, 2.45) is 0 Å². The molecule has 1 aliphatic carbocycles. The Hall–Kier alpha value is -1.26. The summed E-state index contributed by atoms with van der Waals surface area (Å²) in [7, 11) is 0. The Labute approximate surface area is 107 Å². The number of hydrogen-bond acceptors (Lipinski definition) is 4. The van der Waals surface area contributed by atoms with Gasteiger partial charge in [-0.05, 0) is 25.0 Å². The van der Waals surface area contributed by atoms with Crippen molar-refractivity contribution in [3.05, 3.63) is 23.8 Å². The fraction of sp³-hybridized carbons (Fsp3) is 0.571. The van der Waals surface area contributed by atoms with Crippen LogP contribution in [-0.4, -0.2) is 29.5 Å². The minimum Gasteiger partial charge on any atom is -0.508 e. The summed E-state index contributed by atoms with van der Waals surface area (Å²) < 4.78 is 5.61. The lowest BCUT2D eigenvalue weighted by Gasteiger charge is -2.30. The summed E-state index contributed by atoms with van der Waals surface area (Å²) in [5, 5.41) is 22.8. The lowest BCUT2D eigenvalue weighted by atomic mass is 9.91. The van der Waals surface area contributed by atoms with Gasteiger partial charge in [-0.1, -0.05) is 12.8 Å². The molecule has 0 aromatic heterocycles. The fourth-order valence-corrected chi connectivity index (χ4v) is 3.06. The first-order valence-corrected chi connectivity index (χ1v) is 6.58. The van der Waals surface area contributed by atoms with Crippen molar-refractivity contribution in [3.63, 3.8) is 0 Å². The average Bonchev–Trinajstić information content (AvgIpc) is 2.98. The molecular weight excluding hydrogens is 230 g/mol. The van der Waals surface area contributed by atoms with Crippen molar-refractivity contribution in [1.29, 1.82) is 0 Å². The third-order valence-corrected chi connectivity index (χ3v) is 4.06. The van der Waals surface area contributed by atoms with E-state index >= 15 is 0 Å². The summed E-state index contributed by atoms with van der Waals surface area (Å²) in [6, 6.07) is 5.56. The van der Waals surface area contributed by atoms with Crippen molar-refractivity contribution >= 4 is 0 Å². The molecule has 98 valence electrons. The van der Waals surface area contributed by atoms with E-state index in [-0.39, 0.29) is 12.4 Å². The highest BCUT2D eigenvalue weighted by Gasteiger charge is 2.42. The number of aromatic hydroxyl groups is 1. The van der Waals surface area contributed by atoms with E-state index in [0.29, 0.717) is 18.4 Å². The maximum atomic E-state index is 9.79. The quantitative estimate of drug-likeness (QED) is 0.760. The molecule has 0 spiro atoms. The Bertz CT molecular complexity index is 443. The number of hydrogen-bond donors (Lipinski definition) is 3. The lowest BCUT2D eigenvalue weighted by Crippen LogP contribution is -2.51. The first-order chi connectivity index (χ1) is 8.73. The molecule has 1 atom stereocenters. The summed E-state index contributed by atoms with van der Waals surface area (Å²) in [6.07, 6.45) is 4.83. The molecule has 18 heavy (non-hydrogen) atoms. The standard InChI is InChI=1S/C14H19NO3/c16-8-14(15-10-3-1-2-4-10)9-18-13-7-11(17)5-6-12(13)14/h5-7,10,15-17H,1-4,8-9H2. The van der Waals surface area contributed by atoms with E-state index in [0.717, 1.165) is 18.4 Å². The molecule has 1 heterocycles. The van der Waals surface area contributed by atoms with Crippen LogP contribution >= 0.6 is 0 Å². The third kappa shape index (κ3) is 1.85. The van der Waals surface area contributed by atoms with Gasteiger partial charge in [-0.25, -0.2) is 0 Å². The van der Waals surface area contributed by atoms with Crippen molar-refractivity contribution in [1.82, 2.24) is 5.32 Å². The molecule has 1 aliphatic heterocycles. The van der Waals surface area contributed by atoms with Crippen molar-refractivity contribution in [2.45, 2.75) is 37.3 Å². The lowest BCUT2D eigenvalue weighted by molar-refractivity contribution is 0.118. The monoisotopic (exact) mass is 249 g/mol. The second-order valence-electron chi connectivity index (χ2n) is 5.34. The van der Waals surface area contributed by atoms with Crippen molar-refractivity contribution in [3.8, 4) is 11.5 Å². The van der Waals surface area contributed by atoms with Crippen molar-refractivity contribution in [2.75, 3.05) is 13.2 Å². The van der Waals surface area contributed by atoms with Crippen LogP contribution in [0, 0.1) is 0 Å². The molecule has 1 aromatic rings. The zero-order valence-corrected chi connectivity index (χ0v) is 10.4. The number of rotatable bonds is 3. The van der Waals surface area contributed by atoms with Gasteiger partial charge in [0.05, 0.1) is 6.61 Å². The fourth-order valence-electron chi connectivity index (χ4n) is 3.06. The van der Waals surface area contributed by atoms with Crippen LogP contribution < -0.4 is 10.1 Å². The average molecular weight is 249 g/mol. The Kier molecular flexibility index (Phi) is 2.92. The normalized spacial score (nSPS) is 27.2. The van der Waals surface area contributed by atoms with E-state index in [1.54, 1.807) is 12.1 Å². The highest BCUT2D eigenvalue weighted by Crippen LogP contribution is 2.40. The van der Waals surface area contributed by atoms with E-state index < -0.39 is 5.54 Å². The van der Waals surface area contributed by atoms with Crippen LogP contribution in [0.25, 0.3) is 0 Å². The topological polar surface area (TPSA) is 61.7 Å². The van der Waals surface area contributed by atoms with Crippen LogP contribution in [0.5, 0.6) is 11.5 Å². The second kappa shape index (κ2) is 4.44. The van der Waals surface area contributed by atoms with E-state index in [4.69, 9.17) is 4.74 Å². The number of phenolic OH excluding ortho intramolecular Hbond substituents is 1. The van der Waals surface area contributed by atoms with Gasteiger partial charge in [0, 0.05) is 17.7 Å². The number of benzene rings is 1. The van der Waals surface area contributed by atoms with Crippen LogP contribution in [0.1, 0.15) is 31.2 Å². The van der Waals surface area contributed by atoms with Gasteiger partial charge in [0.1, 0.15) is 23.6 Å². The molecule has 0 saturated heterocycles. The number of nitrogens with one attached hydrogen (secondary N) is 1. The predicted molar refractivity (Wildman–Crippen MR) is 67.8 cm³/mol. The summed E-state index contributed by atoms with van der Waals surface area (Å²) in [6.45, 7) is 0.445. The van der Waals surface area contributed by atoms with E-state index in [1.165, 1.54) is 12.8 Å². The van der Waals surface area contributed by atoms with Crippen molar-refractivity contribution < 1.29 is 14.9 Å². The molecule has 4 nitrogen and oxygen atoms in total. The van der Waals surface area contributed by atoms with E-state index in [9.17, 15) is 10.2 Å². The van der Waals surface area contributed by atoms with Gasteiger partial charge < -0.3 is 14.9 Å². The largest absolute Gasteiger partial charge is 0.508 e. The van der Waals surface area contributed by atoms with Gasteiger partial charge in [0.2, 0.25) is 0 Å². The molecular formula is C14H19NO3. The Morgan fingerprint density at radius 3 is 2.83 bits per heavy atom. The van der Waals surface area contributed by atoms with Crippen LogP contribution in [-0.2, 0) is 5.54 Å². The molecule has 1 saturated carbocycles. The summed E-state index contributed by atoms with van der Waals surface area (Å²) in [4.78, 5) is 0. The molecule has 3 rings (SSSR count). The number of aliphatic hydroxyl groups excluding tert-OH is 1. The molecule has 0 amide bonds. The minimum atomic E-state index is -0.502. The molecule has 1 unspecified atom stereocenters. The first-order valence-electron chi connectivity index (χ1n) is 6.58. The number of fused-ring (bicyclic) bond motifs is 1. The van der Waals surface area contributed by atoms with Crippen LogP contribution in [0.15, 0.2) is 18.2 Å². The van der Waals surface area contributed by atoms with Gasteiger partial charge in [0.15, 0.2) is 0 Å². The molecule has 2 aliphatic rings. The van der Waals surface area contributed by atoms with Crippen LogP contribution in [0.2, 0.25) is 0 Å². The van der Waals surface area contributed by atoms with Gasteiger partial charge in [0.25, 0.3) is 0 Å². The first kappa shape index (κ1) is 11.8. The smallest absolute Gasteiger partial charge is 0.128 e. The zero-order valence-electron chi connectivity index (χ0n) is 10.4.